The highest BCUT2D eigenvalue weighted by molar-refractivity contribution is 5.88. The average Bonchev–Trinajstić information content (AvgIpc) is 2.68. The molecule has 8 N–H and O–H groups in total. The lowest BCUT2D eigenvalue weighted by atomic mass is 9.94. The van der Waals surface area contributed by atoms with Gasteiger partial charge in [-0.05, 0) is 26.2 Å². The molecule has 0 aromatic heterocycles. The second-order valence-corrected chi connectivity index (χ2v) is 7.30. The normalized spacial score (nSPS) is 28.4. The Bertz CT molecular complexity index is 575. The summed E-state index contributed by atoms with van der Waals surface area (Å²) >= 11 is 0. The fourth-order valence-electron chi connectivity index (χ4n) is 3.10. The zero-order valence-electron chi connectivity index (χ0n) is 16.8. The Morgan fingerprint density at radius 3 is 2.33 bits per heavy atom. The number of aliphatic hydroxyl groups is 5. The number of carbonyl (C=O) groups is 3. The number of aliphatic hydroxyl groups excluding tert-OH is 5. The van der Waals surface area contributed by atoms with Crippen molar-refractivity contribution in [3.8, 4) is 0 Å². The highest BCUT2D eigenvalue weighted by Crippen LogP contribution is 2.22. The number of hydrogen-bond acceptors (Lipinski definition) is 9. The van der Waals surface area contributed by atoms with Gasteiger partial charge in [0.2, 0.25) is 11.8 Å². The molecule has 1 aliphatic heterocycles. The van der Waals surface area contributed by atoms with Crippen LogP contribution in [0.3, 0.4) is 0 Å². The topological polar surface area (TPSA) is 206 Å². The van der Waals surface area contributed by atoms with Crippen molar-refractivity contribution in [1.82, 2.24) is 10.6 Å². The number of carboxylic acids is 1. The van der Waals surface area contributed by atoms with Gasteiger partial charge in [0.1, 0.15) is 24.4 Å². The van der Waals surface area contributed by atoms with Crippen LogP contribution in [-0.2, 0) is 19.1 Å². The lowest BCUT2D eigenvalue weighted by Gasteiger charge is -2.39. The van der Waals surface area contributed by atoms with Crippen molar-refractivity contribution in [3.63, 3.8) is 0 Å². The molecule has 12 nitrogen and oxygen atoms in total. The third-order valence-electron chi connectivity index (χ3n) is 4.88. The third-order valence-corrected chi connectivity index (χ3v) is 4.88. The van der Waals surface area contributed by atoms with E-state index in [1.807, 2.05) is 0 Å². The van der Waals surface area contributed by atoms with Crippen LogP contribution in [-0.4, -0.2) is 104 Å². The number of ether oxygens (including phenoxy) is 1. The van der Waals surface area contributed by atoms with E-state index < -0.39 is 67.1 Å². The molecule has 1 saturated heterocycles. The van der Waals surface area contributed by atoms with Gasteiger partial charge < -0.3 is 46.0 Å². The predicted molar refractivity (Wildman–Crippen MR) is 101 cm³/mol. The molecule has 2 amide bonds. The summed E-state index contributed by atoms with van der Waals surface area (Å²) in [5, 5.41) is 62.0. The van der Waals surface area contributed by atoms with E-state index in [2.05, 4.69) is 10.6 Å². The van der Waals surface area contributed by atoms with E-state index >= 15 is 0 Å². The van der Waals surface area contributed by atoms with Gasteiger partial charge in [0.15, 0.2) is 0 Å². The van der Waals surface area contributed by atoms with Crippen LogP contribution < -0.4 is 10.6 Å². The number of rotatable bonds is 12. The molecule has 0 saturated carbocycles. The van der Waals surface area contributed by atoms with Gasteiger partial charge in [-0.2, -0.15) is 0 Å². The molecule has 7 atom stereocenters. The van der Waals surface area contributed by atoms with Gasteiger partial charge in [-0.1, -0.05) is 0 Å². The first-order valence-corrected chi connectivity index (χ1v) is 9.85. The van der Waals surface area contributed by atoms with E-state index in [-0.39, 0.29) is 38.6 Å². The molecule has 12 heteroatoms. The summed E-state index contributed by atoms with van der Waals surface area (Å²) in [5.74, 6) is -2.41. The summed E-state index contributed by atoms with van der Waals surface area (Å²) in [4.78, 5) is 34.9. The minimum Gasteiger partial charge on any atom is -0.481 e. The van der Waals surface area contributed by atoms with Crippen molar-refractivity contribution in [2.75, 3.05) is 13.2 Å². The molecule has 1 heterocycles. The van der Waals surface area contributed by atoms with Gasteiger partial charge in [-0.3, -0.25) is 14.4 Å². The number of carbonyl (C=O) groups excluding carboxylic acids is 2. The van der Waals surface area contributed by atoms with Gasteiger partial charge in [-0.15, -0.1) is 0 Å². The largest absolute Gasteiger partial charge is 0.481 e. The molecule has 0 aliphatic carbocycles. The maximum Gasteiger partial charge on any atom is 0.303 e. The number of carboxylic acid groups (broad SMARTS) is 1. The number of nitrogens with one attached hydrogen (secondary N) is 2. The van der Waals surface area contributed by atoms with Gasteiger partial charge in [0.05, 0.1) is 18.3 Å². The summed E-state index contributed by atoms with van der Waals surface area (Å²) < 4.78 is 5.43. The summed E-state index contributed by atoms with van der Waals surface area (Å²) in [5.41, 5.74) is 0. The van der Waals surface area contributed by atoms with Crippen LogP contribution in [0.5, 0.6) is 0 Å². The Morgan fingerprint density at radius 2 is 1.73 bits per heavy atom. The van der Waals surface area contributed by atoms with Crippen molar-refractivity contribution in [3.05, 3.63) is 0 Å². The van der Waals surface area contributed by atoms with Crippen LogP contribution in [0.1, 0.15) is 39.0 Å². The molecule has 0 aromatic carbocycles. The Labute approximate surface area is 173 Å². The number of amides is 2. The zero-order valence-corrected chi connectivity index (χ0v) is 16.8. The summed E-state index contributed by atoms with van der Waals surface area (Å²) in [7, 11) is 0. The third kappa shape index (κ3) is 8.13. The van der Waals surface area contributed by atoms with E-state index in [1.54, 1.807) is 0 Å². The van der Waals surface area contributed by atoms with E-state index in [1.165, 1.54) is 6.92 Å². The van der Waals surface area contributed by atoms with E-state index in [0.717, 1.165) is 0 Å². The Morgan fingerprint density at radius 1 is 1.07 bits per heavy atom. The molecule has 1 rings (SSSR count). The van der Waals surface area contributed by atoms with Crippen molar-refractivity contribution in [2.45, 2.75) is 81.7 Å². The minimum atomic E-state index is -1.39. The van der Waals surface area contributed by atoms with Crippen molar-refractivity contribution < 1.29 is 49.8 Å². The monoisotopic (exact) mass is 436 g/mol. The molecule has 0 spiro atoms. The van der Waals surface area contributed by atoms with Crippen LogP contribution in [0.15, 0.2) is 0 Å². The molecule has 174 valence electrons. The van der Waals surface area contributed by atoms with E-state index in [0.29, 0.717) is 0 Å². The van der Waals surface area contributed by atoms with Crippen LogP contribution in [0, 0.1) is 0 Å². The molecular weight excluding hydrogens is 404 g/mol. The Balaban J connectivity index is 2.58. The highest BCUT2D eigenvalue weighted by atomic mass is 16.5. The molecule has 0 aromatic rings. The Kier molecular flexibility index (Phi) is 11.2. The van der Waals surface area contributed by atoms with Gasteiger partial charge in [0, 0.05) is 26.0 Å². The fraction of sp³-hybridized carbons (Fsp3) is 0.833. The van der Waals surface area contributed by atoms with Crippen LogP contribution >= 0.6 is 0 Å². The van der Waals surface area contributed by atoms with Gasteiger partial charge in [-0.25, -0.2) is 0 Å². The quantitative estimate of drug-likeness (QED) is 0.154. The summed E-state index contributed by atoms with van der Waals surface area (Å²) in [6.45, 7) is 1.10. The smallest absolute Gasteiger partial charge is 0.303 e. The fourth-order valence-corrected chi connectivity index (χ4v) is 3.10. The standard InChI is InChI=1S/C18H32N2O10/c1-9-15(26)17(28)16(27)11(30-9)5-7-19-18(29)14(10(22)6-8-21)20-12(23)3-2-4-13(24)25/h9-11,14-17,21-22,26-28H,2-8H2,1H3,(H,19,29)(H,20,23)(H,24,25)/t9-,10-,11-,14-,15+,16+,17+/m0/s1. The first-order valence-electron chi connectivity index (χ1n) is 9.85. The van der Waals surface area contributed by atoms with E-state index in [9.17, 15) is 34.8 Å². The first kappa shape index (κ1) is 26.2. The summed E-state index contributed by atoms with van der Waals surface area (Å²) in [6, 6.07) is -1.36. The SMILES string of the molecule is C[C@@H]1O[C@@H](CCNC(=O)[C@@H](NC(=O)CCCC(=O)O)[C@@H](O)CCO)[C@@H](O)[C@H](O)[C@@H]1O. The van der Waals surface area contributed by atoms with Crippen molar-refractivity contribution in [1.29, 1.82) is 0 Å². The Hall–Kier alpha value is -1.83. The predicted octanol–water partition coefficient (Wildman–Crippen LogP) is -3.15. The lowest BCUT2D eigenvalue weighted by Crippen LogP contribution is -2.57. The zero-order chi connectivity index (χ0) is 22.8. The average molecular weight is 436 g/mol. The van der Waals surface area contributed by atoms with Crippen LogP contribution in [0.2, 0.25) is 0 Å². The van der Waals surface area contributed by atoms with E-state index in [4.69, 9.17) is 14.9 Å². The molecule has 0 bridgehead atoms. The highest BCUT2D eigenvalue weighted by Gasteiger charge is 2.41. The number of hydrogen-bond donors (Lipinski definition) is 8. The first-order chi connectivity index (χ1) is 14.1. The maximum absolute atomic E-state index is 12.4. The molecule has 30 heavy (non-hydrogen) atoms. The number of aliphatic carboxylic acids is 1. The van der Waals surface area contributed by atoms with Crippen LogP contribution in [0.4, 0.5) is 0 Å². The van der Waals surface area contributed by atoms with Gasteiger partial charge >= 0.3 is 5.97 Å². The molecule has 1 fully saturated rings. The minimum absolute atomic E-state index is 0.0205. The molecule has 0 radical (unpaired) electrons. The lowest BCUT2D eigenvalue weighted by molar-refractivity contribution is -0.217. The second-order valence-electron chi connectivity index (χ2n) is 7.30. The maximum atomic E-state index is 12.4. The molecular formula is C18H32N2O10. The molecule has 0 unspecified atom stereocenters. The van der Waals surface area contributed by atoms with Crippen LogP contribution in [0.25, 0.3) is 0 Å². The summed E-state index contributed by atoms with van der Waals surface area (Å²) in [6.07, 6.45) is -7.28. The molecule has 1 aliphatic rings. The second kappa shape index (κ2) is 12.8. The van der Waals surface area contributed by atoms with Gasteiger partial charge in [0.25, 0.3) is 0 Å². The van der Waals surface area contributed by atoms with Crippen molar-refractivity contribution >= 4 is 17.8 Å². The van der Waals surface area contributed by atoms with Crippen molar-refractivity contribution in [2.24, 2.45) is 0 Å².